The molecule has 33 heavy (non-hydrogen) atoms. The van der Waals surface area contributed by atoms with E-state index in [4.69, 9.17) is 9.97 Å². The van der Waals surface area contributed by atoms with Crippen LogP contribution in [0, 0.1) is 0 Å². The lowest BCUT2D eigenvalue weighted by Crippen LogP contribution is -2.23. The van der Waals surface area contributed by atoms with E-state index in [9.17, 15) is 0 Å². The maximum absolute atomic E-state index is 4.81. The van der Waals surface area contributed by atoms with Gasteiger partial charge in [0.1, 0.15) is 0 Å². The summed E-state index contributed by atoms with van der Waals surface area (Å²) in [4.78, 5) is 18.9. The monoisotopic (exact) mass is 429 g/mol. The number of rotatable bonds is 3. The summed E-state index contributed by atoms with van der Waals surface area (Å²) in [6.45, 7) is 4.69. The highest BCUT2D eigenvalue weighted by Gasteiger charge is 2.19. The molecule has 3 aliphatic heterocycles. The number of aromatic nitrogens is 4. The zero-order valence-corrected chi connectivity index (χ0v) is 18.1. The second-order valence-corrected chi connectivity index (χ2v) is 8.29. The molecule has 1 unspecified atom stereocenters. The third-order valence-electron chi connectivity index (χ3n) is 5.90. The van der Waals surface area contributed by atoms with E-state index in [1.165, 1.54) is 5.56 Å². The van der Waals surface area contributed by atoms with Crippen molar-refractivity contribution in [2.75, 3.05) is 6.54 Å². The third-order valence-corrected chi connectivity index (χ3v) is 5.90. The first kappa shape index (κ1) is 19.3. The van der Waals surface area contributed by atoms with Crippen molar-refractivity contribution in [3.05, 3.63) is 108 Å². The molecule has 0 fully saturated rings. The van der Waals surface area contributed by atoms with E-state index >= 15 is 0 Å². The molecule has 0 amide bonds. The van der Waals surface area contributed by atoms with Gasteiger partial charge in [-0.2, -0.15) is 0 Å². The summed E-state index contributed by atoms with van der Waals surface area (Å²) in [5, 5.41) is 0. The van der Waals surface area contributed by atoms with Crippen molar-refractivity contribution < 1.29 is 0 Å². The Kier molecular flexibility index (Phi) is 4.65. The van der Waals surface area contributed by atoms with Gasteiger partial charge in [0.05, 0.1) is 28.8 Å². The molecule has 0 aliphatic carbocycles. The van der Waals surface area contributed by atoms with E-state index in [0.717, 1.165) is 51.4 Å². The highest BCUT2D eigenvalue weighted by Crippen LogP contribution is 2.30. The summed E-state index contributed by atoms with van der Waals surface area (Å²) < 4.78 is 0. The van der Waals surface area contributed by atoms with Gasteiger partial charge in [-0.3, -0.25) is 0 Å². The second kappa shape index (κ2) is 7.95. The van der Waals surface area contributed by atoms with Crippen molar-refractivity contribution in [1.82, 2.24) is 24.8 Å². The molecule has 0 saturated carbocycles. The lowest BCUT2D eigenvalue weighted by atomic mass is 10.0. The van der Waals surface area contributed by atoms with Gasteiger partial charge in [0.2, 0.25) is 0 Å². The quantitative estimate of drug-likeness (QED) is 0.332. The number of H-pyrrole nitrogens is 2. The Hall–Kier alpha value is -4.38. The van der Waals surface area contributed by atoms with E-state index < -0.39 is 0 Å². The molecular formula is C28H23N5. The van der Waals surface area contributed by atoms with Gasteiger partial charge < -0.3 is 14.9 Å². The molecule has 5 nitrogen and oxygen atoms in total. The minimum absolute atomic E-state index is 0.106. The standard InChI is InChI=1S/C28H23N5/c1-2-12-33-13-4-3-5-28(33)26-17-25-16-23-9-8-21(30-23)14-19-6-7-20(29-19)15-22-10-11-24(31-22)18-27(26)32-25/h2-11,13-18,28-29,32H,1,12H2. The predicted molar refractivity (Wildman–Crippen MR) is 137 cm³/mol. The van der Waals surface area contributed by atoms with Gasteiger partial charge in [0, 0.05) is 40.4 Å². The van der Waals surface area contributed by atoms with Gasteiger partial charge in [0.25, 0.3) is 0 Å². The van der Waals surface area contributed by atoms with Crippen LogP contribution in [-0.4, -0.2) is 31.4 Å². The topological polar surface area (TPSA) is 60.6 Å². The van der Waals surface area contributed by atoms with Crippen LogP contribution in [0.1, 0.15) is 34.4 Å². The maximum atomic E-state index is 4.81. The van der Waals surface area contributed by atoms with Crippen molar-refractivity contribution >= 4 is 46.4 Å². The fourth-order valence-electron chi connectivity index (χ4n) is 4.42. The fourth-order valence-corrected chi connectivity index (χ4v) is 4.42. The summed E-state index contributed by atoms with van der Waals surface area (Å²) in [6, 6.07) is 14.7. The first-order valence-electron chi connectivity index (χ1n) is 11.0. The molecule has 0 spiro atoms. The lowest BCUT2D eigenvalue weighted by molar-refractivity contribution is 0.356. The van der Waals surface area contributed by atoms with Crippen molar-refractivity contribution in [2.45, 2.75) is 6.04 Å². The zero-order chi connectivity index (χ0) is 22.2. The molecule has 0 saturated heterocycles. The Labute approximate surface area is 191 Å². The second-order valence-electron chi connectivity index (χ2n) is 8.29. The first-order chi connectivity index (χ1) is 16.2. The Bertz CT molecular complexity index is 1530. The van der Waals surface area contributed by atoms with Crippen LogP contribution in [0.15, 0.2) is 79.5 Å². The zero-order valence-electron chi connectivity index (χ0n) is 18.1. The number of aromatic amines is 2. The Morgan fingerprint density at radius 3 is 2.09 bits per heavy atom. The number of nitrogens with zero attached hydrogens (tertiary/aromatic N) is 3. The van der Waals surface area contributed by atoms with Crippen molar-refractivity contribution in [2.24, 2.45) is 0 Å². The van der Waals surface area contributed by atoms with Crippen LogP contribution in [0.4, 0.5) is 0 Å². The number of allylic oxidation sites excluding steroid dienone is 2. The summed E-state index contributed by atoms with van der Waals surface area (Å²) in [7, 11) is 0. The Morgan fingerprint density at radius 2 is 1.42 bits per heavy atom. The van der Waals surface area contributed by atoms with Crippen LogP contribution in [0.5, 0.6) is 0 Å². The van der Waals surface area contributed by atoms with E-state index in [2.05, 4.69) is 94.4 Å². The van der Waals surface area contributed by atoms with Gasteiger partial charge in [-0.15, -0.1) is 6.58 Å². The minimum Gasteiger partial charge on any atom is -0.363 e. The van der Waals surface area contributed by atoms with Crippen LogP contribution >= 0.6 is 0 Å². The lowest BCUT2D eigenvalue weighted by Gasteiger charge is -2.29. The summed E-state index contributed by atoms with van der Waals surface area (Å²) in [6.07, 6.45) is 18.6. The molecule has 160 valence electrons. The number of hydrogen-bond donors (Lipinski definition) is 2. The van der Waals surface area contributed by atoms with Crippen molar-refractivity contribution in [3.63, 3.8) is 0 Å². The molecule has 8 bridgehead atoms. The summed E-state index contributed by atoms with van der Waals surface area (Å²) in [5.74, 6) is 0. The molecule has 3 aliphatic rings. The third kappa shape index (κ3) is 3.85. The molecular weight excluding hydrogens is 406 g/mol. The van der Waals surface area contributed by atoms with Crippen LogP contribution < -0.4 is 0 Å². The van der Waals surface area contributed by atoms with Gasteiger partial charge in [0.15, 0.2) is 0 Å². The first-order valence-corrected chi connectivity index (χ1v) is 11.0. The molecule has 0 aromatic carbocycles. The highest BCUT2D eigenvalue weighted by molar-refractivity contribution is 5.78. The molecule has 5 heteroatoms. The largest absolute Gasteiger partial charge is 0.363 e. The normalized spacial score (nSPS) is 16.5. The maximum Gasteiger partial charge on any atom is 0.0748 e. The van der Waals surface area contributed by atoms with Crippen molar-refractivity contribution in [1.29, 1.82) is 0 Å². The molecule has 6 heterocycles. The predicted octanol–water partition coefficient (Wildman–Crippen LogP) is 6.27. The highest BCUT2D eigenvalue weighted by atomic mass is 15.1. The van der Waals surface area contributed by atoms with E-state index in [1.54, 1.807) is 0 Å². The molecule has 3 aromatic heterocycles. The minimum atomic E-state index is 0.106. The Morgan fingerprint density at radius 1 is 0.788 bits per heavy atom. The number of nitrogens with one attached hydrogen (secondary N) is 2. The average Bonchev–Trinajstić information content (AvgIpc) is 3.60. The van der Waals surface area contributed by atoms with E-state index in [-0.39, 0.29) is 6.04 Å². The summed E-state index contributed by atoms with van der Waals surface area (Å²) >= 11 is 0. The van der Waals surface area contributed by atoms with Gasteiger partial charge in [-0.1, -0.05) is 18.2 Å². The van der Waals surface area contributed by atoms with Crippen LogP contribution in [0.25, 0.3) is 46.4 Å². The van der Waals surface area contributed by atoms with Gasteiger partial charge in [-0.05, 0) is 72.8 Å². The van der Waals surface area contributed by atoms with E-state index in [0.29, 0.717) is 0 Å². The molecule has 3 aromatic rings. The fraction of sp³-hybridized carbons (Fsp3) is 0.0714. The average molecular weight is 430 g/mol. The Balaban J connectivity index is 1.61. The number of fused-ring (bicyclic) bond motifs is 8. The number of hydrogen-bond acceptors (Lipinski definition) is 3. The van der Waals surface area contributed by atoms with Crippen LogP contribution in [-0.2, 0) is 0 Å². The van der Waals surface area contributed by atoms with Crippen LogP contribution in [0.2, 0.25) is 0 Å². The smallest absolute Gasteiger partial charge is 0.0748 e. The molecule has 2 N–H and O–H groups in total. The molecule has 1 atom stereocenters. The SMILES string of the molecule is C=CCN1C=CC=CC1c1cc2cc3nc(cc4ccc(cc5nc(cc1[nH]2)C=C5)[nH]4)C=C3. The molecule has 6 rings (SSSR count). The summed E-state index contributed by atoms with van der Waals surface area (Å²) in [5.41, 5.74) is 8.94. The molecule has 0 radical (unpaired) electrons. The van der Waals surface area contributed by atoms with E-state index in [1.807, 2.05) is 24.3 Å². The van der Waals surface area contributed by atoms with Gasteiger partial charge >= 0.3 is 0 Å². The van der Waals surface area contributed by atoms with Crippen molar-refractivity contribution in [3.8, 4) is 0 Å². The van der Waals surface area contributed by atoms with Crippen LogP contribution in [0.3, 0.4) is 0 Å². The van der Waals surface area contributed by atoms with Gasteiger partial charge in [-0.25, -0.2) is 9.97 Å².